The normalized spacial score (nSPS) is 18.9. The van der Waals surface area contributed by atoms with E-state index in [1.54, 1.807) is 18.1 Å². The maximum atomic E-state index is 5.65. The van der Waals surface area contributed by atoms with Crippen LogP contribution in [-0.2, 0) is 11.3 Å². The Balaban J connectivity index is 1.69. The van der Waals surface area contributed by atoms with Crippen molar-refractivity contribution in [2.24, 2.45) is 0 Å². The molecule has 1 fully saturated rings. The molecule has 1 atom stereocenters. The molecule has 10 heteroatoms. The highest BCUT2D eigenvalue weighted by Crippen LogP contribution is 2.34. The number of methoxy groups -OCH3 is 1. The highest BCUT2D eigenvalue weighted by atomic mass is 32.1. The van der Waals surface area contributed by atoms with E-state index in [0.717, 1.165) is 28.8 Å². The molecule has 32 heavy (non-hydrogen) atoms. The van der Waals surface area contributed by atoms with Gasteiger partial charge in [-0.15, -0.1) is 17.7 Å². The van der Waals surface area contributed by atoms with Crippen molar-refractivity contribution in [1.82, 2.24) is 29.3 Å². The molecule has 1 aliphatic heterocycles. The molecule has 5 rings (SSSR count). The van der Waals surface area contributed by atoms with Crippen molar-refractivity contribution in [3.05, 3.63) is 42.9 Å². The van der Waals surface area contributed by atoms with Crippen LogP contribution in [0.5, 0.6) is 5.88 Å². The van der Waals surface area contributed by atoms with Gasteiger partial charge in [0.15, 0.2) is 17.0 Å². The van der Waals surface area contributed by atoms with Gasteiger partial charge < -0.3 is 18.9 Å². The molecule has 4 heterocycles. The molecule has 4 aromatic rings. The number of ether oxygens (including phenoxy) is 2. The number of aromatic nitrogens is 6. The third kappa shape index (κ3) is 3.49. The second kappa shape index (κ2) is 8.10. The van der Waals surface area contributed by atoms with Crippen molar-refractivity contribution in [2.45, 2.75) is 25.3 Å². The summed E-state index contributed by atoms with van der Waals surface area (Å²) < 4.78 is 14.9. The molecular formula is C22H25N7O2S. The number of thiol groups is 1. The minimum atomic E-state index is -0.524. The van der Waals surface area contributed by atoms with E-state index in [4.69, 9.17) is 32.1 Å². The first-order chi connectivity index (χ1) is 15.5. The molecule has 0 radical (unpaired) electrons. The lowest BCUT2D eigenvalue weighted by atomic mass is 10.1. The minimum absolute atomic E-state index is 0.443. The van der Waals surface area contributed by atoms with Gasteiger partial charge in [-0.3, -0.25) is 0 Å². The van der Waals surface area contributed by atoms with E-state index in [2.05, 4.69) is 21.9 Å². The van der Waals surface area contributed by atoms with Crippen molar-refractivity contribution >= 4 is 29.6 Å². The predicted octanol–water partition coefficient (Wildman–Crippen LogP) is 3.19. The SMILES string of the molecule is CCn1cnc2c(N3CCOC[C@]3(C)S)nc(-n3cc(-c4ccccc4)c(OC)n3)nc21. The topological polar surface area (TPSA) is 83.1 Å². The molecule has 166 valence electrons. The summed E-state index contributed by atoms with van der Waals surface area (Å²) in [6.07, 6.45) is 3.69. The number of nitrogens with zero attached hydrogens (tertiary/aromatic N) is 7. The van der Waals surface area contributed by atoms with Gasteiger partial charge in [-0.2, -0.15) is 9.97 Å². The second-order valence-corrected chi connectivity index (χ2v) is 8.80. The summed E-state index contributed by atoms with van der Waals surface area (Å²) in [6, 6.07) is 9.99. The summed E-state index contributed by atoms with van der Waals surface area (Å²) in [5, 5.41) is 4.62. The van der Waals surface area contributed by atoms with Crippen LogP contribution in [0.2, 0.25) is 0 Å². The van der Waals surface area contributed by atoms with Crippen LogP contribution in [0.3, 0.4) is 0 Å². The standard InChI is InChI=1S/C22H25N7O2S/c1-4-27-14-23-17-18(27)24-21(25-19(17)28-10-11-31-13-22(28,2)32)29-12-16(20(26-29)30-3)15-8-6-5-7-9-15/h5-9,12,14,32H,4,10-11,13H2,1-3H3/t22-/m0/s1. The van der Waals surface area contributed by atoms with Crippen LogP contribution in [0.25, 0.3) is 28.2 Å². The van der Waals surface area contributed by atoms with Gasteiger partial charge in [-0.05, 0) is 19.4 Å². The Morgan fingerprint density at radius 2 is 2.03 bits per heavy atom. The van der Waals surface area contributed by atoms with Crippen LogP contribution in [-0.4, -0.2) is 61.0 Å². The maximum absolute atomic E-state index is 5.65. The Labute approximate surface area is 191 Å². The molecule has 1 aliphatic rings. The molecular weight excluding hydrogens is 426 g/mol. The number of hydrogen-bond acceptors (Lipinski definition) is 8. The second-order valence-electron chi connectivity index (χ2n) is 7.83. The molecule has 3 aromatic heterocycles. The highest BCUT2D eigenvalue weighted by molar-refractivity contribution is 7.82. The summed E-state index contributed by atoms with van der Waals surface area (Å²) in [4.78, 5) is 15.9. The Morgan fingerprint density at radius 1 is 1.22 bits per heavy atom. The number of benzene rings is 1. The summed E-state index contributed by atoms with van der Waals surface area (Å²) in [7, 11) is 1.61. The van der Waals surface area contributed by atoms with Crippen molar-refractivity contribution in [2.75, 3.05) is 31.8 Å². The smallest absolute Gasteiger partial charge is 0.254 e. The summed E-state index contributed by atoms with van der Waals surface area (Å²) in [5.74, 6) is 1.67. The molecule has 0 unspecified atom stereocenters. The molecule has 1 aromatic carbocycles. The number of rotatable bonds is 5. The van der Waals surface area contributed by atoms with Gasteiger partial charge in [0.25, 0.3) is 5.95 Å². The number of fused-ring (bicyclic) bond motifs is 1. The predicted molar refractivity (Wildman–Crippen MR) is 126 cm³/mol. The third-order valence-electron chi connectivity index (χ3n) is 5.61. The first-order valence-corrected chi connectivity index (χ1v) is 11.0. The maximum Gasteiger partial charge on any atom is 0.254 e. The van der Waals surface area contributed by atoms with Crippen molar-refractivity contribution < 1.29 is 9.47 Å². The lowest BCUT2D eigenvalue weighted by Gasteiger charge is -2.41. The lowest BCUT2D eigenvalue weighted by molar-refractivity contribution is 0.0891. The fourth-order valence-corrected chi connectivity index (χ4v) is 4.23. The van der Waals surface area contributed by atoms with Gasteiger partial charge in [-0.1, -0.05) is 30.3 Å². The van der Waals surface area contributed by atoms with E-state index in [0.29, 0.717) is 37.4 Å². The molecule has 0 bridgehead atoms. The van der Waals surface area contributed by atoms with E-state index in [9.17, 15) is 0 Å². The highest BCUT2D eigenvalue weighted by Gasteiger charge is 2.35. The molecule has 0 spiro atoms. The van der Waals surface area contributed by atoms with Crippen molar-refractivity contribution in [3.63, 3.8) is 0 Å². The zero-order chi connectivity index (χ0) is 22.3. The van der Waals surface area contributed by atoms with Crippen LogP contribution in [0, 0.1) is 0 Å². The summed E-state index contributed by atoms with van der Waals surface area (Å²) in [5.41, 5.74) is 3.36. The largest absolute Gasteiger partial charge is 0.479 e. The van der Waals surface area contributed by atoms with E-state index < -0.39 is 4.87 Å². The monoisotopic (exact) mass is 451 g/mol. The first-order valence-electron chi connectivity index (χ1n) is 10.5. The van der Waals surface area contributed by atoms with Gasteiger partial charge in [-0.25, -0.2) is 9.67 Å². The average Bonchev–Trinajstić information content (AvgIpc) is 3.43. The van der Waals surface area contributed by atoms with Gasteiger partial charge in [0.2, 0.25) is 5.88 Å². The van der Waals surface area contributed by atoms with Crippen LogP contribution >= 0.6 is 12.6 Å². The Bertz CT molecular complexity index is 1250. The summed E-state index contributed by atoms with van der Waals surface area (Å²) in [6.45, 7) is 6.56. The van der Waals surface area contributed by atoms with Crippen LogP contribution in [0.1, 0.15) is 13.8 Å². The van der Waals surface area contributed by atoms with E-state index >= 15 is 0 Å². The Hall–Kier alpha value is -3.11. The van der Waals surface area contributed by atoms with Gasteiger partial charge in [0.1, 0.15) is 4.87 Å². The van der Waals surface area contributed by atoms with Crippen molar-refractivity contribution in [3.8, 4) is 23.0 Å². The molecule has 0 aliphatic carbocycles. The number of imidazole rings is 1. The van der Waals surface area contributed by atoms with Crippen LogP contribution in [0.4, 0.5) is 5.82 Å². The molecule has 0 amide bonds. The minimum Gasteiger partial charge on any atom is -0.479 e. The van der Waals surface area contributed by atoms with Gasteiger partial charge >= 0.3 is 0 Å². The molecule has 0 saturated carbocycles. The fourth-order valence-electron chi connectivity index (χ4n) is 3.94. The lowest BCUT2D eigenvalue weighted by Crippen LogP contribution is -2.52. The third-order valence-corrected chi connectivity index (χ3v) is 5.98. The number of morpholine rings is 1. The quantitative estimate of drug-likeness (QED) is 0.467. The van der Waals surface area contributed by atoms with Crippen molar-refractivity contribution in [1.29, 1.82) is 0 Å². The average molecular weight is 452 g/mol. The number of anilines is 1. The first kappa shape index (κ1) is 20.8. The number of hydrogen-bond donors (Lipinski definition) is 1. The van der Waals surface area contributed by atoms with Gasteiger partial charge in [0.05, 0.1) is 32.2 Å². The van der Waals surface area contributed by atoms with E-state index in [1.807, 2.05) is 48.0 Å². The van der Waals surface area contributed by atoms with Gasteiger partial charge in [0, 0.05) is 19.3 Å². The Kier molecular flexibility index (Phi) is 5.26. The zero-order valence-corrected chi connectivity index (χ0v) is 19.2. The number of aryl methyl sites for hydroxylation is 1. The Morgan fingerprint density at radius 3 is 2.75 bits per heavy atom. The molecule has 1 saturated heterocycles. The van der Waals surface area contributed by atoms with Crippen LogP contribution < -0.4 is 9.64 Å². The molecule has 0 N–H and O–H groups in total. The summed E-state index contributed by atoms with van der Waals surface area (Å²) >= 11 is 4.85. The molecule has 9 nitrogen and oxygen atoms in total. The van der Waals surface area contributed by atoms with Crippen LogP contribution in [0.15, 0.2) is 42.9 Å². The fraction of sp³-hybridized carbons (Fsp3) is 0.364. The van der Waals surface area contributed by atoms with E-state index in [1.165, 1.54) is 0 Å². The van der Waals surface area contributed by atoms with E-state index in [-0.39, 0.29) is 0 Å². The zero-order valence-electron chi connectivity index (χ0n) is 18.3.